The Bertz CT molecular complexity index is 256. The molecule has 0 spiro atoms. The van der Waals surface area contributed by atoms with Gasteiger partial charge in [-0.3, -0.25) is 9.59 Å². The van der Waals surface area contributed by atoms with Gasteiger partial charge in [0.25, 0.3) is 0 Å². The van der Waals surface area contributed by atoms with Crippen LogP contribution in [0.1, 0.15) is 72.1 Å². The van der Waals surface area contributed by atoms with Crippen molar-refractivity contribution in [3.05, 3.63) is 0 Å². The van der Waals surface area contributed by atoms with Crippen LogP contribution in [-0.4, -0.2) is 23.0 Å². The molecule has 1 amide bonds. The maximum atomic E-state index is 10.2. The van der Waals surface area contributed by atoms with Crippen LogP contribution < -0.4 is 11.5 Å². The van der Waals surface area contributed by atoms with Crippen molar-refractivity contribution in [2.75, 3.05) is 0 Å². The second-order valence-electron chi connectivity index (χ2n) is 5.44. The lowest BCUT2D eigenvalue weighted by Gasteiger charge is -2.09. The Balaban J connectivity index is 0. The van der Waals surface area contributed by atoms with Crippen LogP contribution in [0.2, 0.25) is 0 Å². The van der Waals surface area contributed by atoms with E-state index in [9.17, 15) is 9.59 Å². The first-order valence-corrected chi connectivity index (χ1v) is 7.59. The third-order valence-electron chi connectivity index (χ3n) is 3.04. The van der Waals surface area contributed by atoms with E-state index < -0.39 is 17.9 Å². The number of amides is 1. The van der Waals surface area contributed by atoms with Crippen molar-refractivity contribution in [1.82, 2.24) is 0 Å². The number of carbonyl (C=O) groups excluding carboxylic acids is 1. The Morgan fingerprint density at radius 1 is 1.00 bits per heavy atom. The summed E-state index contributed by atoms with van der Waals surface area (Å²) < 4.78 is 0. The number of aliphatic carboxylic acids is 1. The molecule has 0 aliphatic rings. The average Bonchev–Trinajstić information content (AvgIpc) is 2.37. The van der Waals surface area contributed by atoms with Crippen molar-refractivity contribution in [2.45, 2.75) is 78.2 Å². The summed E-state index contributed by atoms with van der Waals surface area (Å²) in [6.45, 7) is 5.91. The van der Waals surface area contributed by atoms with Gasteiger partial charge in [0.15, 0.2) is 0 Å². The van der Waals surface area contributed by atoms with Crippen molar-refractivity contribution < 1.29 is 14.7 Å². The summed E-state index contributed by atoms with van der Waals surface area (Å²) in [4.78, 5) is 20.4. The molecule has 0 bridgehead atoms. The maximum Gasteiger partial charge on any atom is 0.303 e. The highest BCUT2D eigenvalue weighted by molar-refractivity contribution is 5.79. The van der Waals surface area contributed by atoms with Gasteiger partial charge < -0.3 is 16.6 Å². The molecule has 0 aromatic rings. The summed E-state index contributed by atoms with van der Waals surface area (Å²) in [5.74, 6) is -0.948. The summed E-state index contributed by atoms with van der Waals surface area (Å²) >= 11 is 0. The molecule has 1 unspecified atom stereocenters. The van der Waals surface area contributed by atoms with Gasteiger partial charge in [-0.15, -0.1) is 0 Å². The molecule has 120 valence electrons. The van der Waals surface area contributed by atoms with Crippen LogP contribution in [0.25, 0.3) is 0 Å². The van der Waals surface area contributed by atoms with E-state index in [1.165, 1.54) is 32.1 Å². The summed E-state index contributed by atoms with van der Waals surface area (Å²) in [6, 6.07) is -0.491. The standard InChI is InChI=1S/C10H20O2.C5H12N2O/c1-2-3-4-5-6-7-8-9-10(11)12;1-3(2)4(6)5(7)8/h2-9H2,1H3,(H,11,12);3-4H,6H2,1-2H3,(H2,7,8). The third kappa shape index (κ3) is 16.9. The van der Waals surface area contributed by atoms with Gasteiger partial charge in [-0.2, -0.15) is 0 Å². The highest BCUT2D eigenvalue weighted by Gasteiger charge is 2.12. The molecular formula is C15H32N2O3. The lowest BCUT2D eigenvalue weighted by atomic mass is 10.1. The van der Waals surface area contributed by atoms with Crippen LogP contribution in [0.15, 0.2) is 0 Å². The van der Waals surface area contributed by atoms with E-state index >= 15 is 0 Å². The lowest BCUT2D eigenvalue weighted by Crippen LogP contribution is -2.40. The summed E-state index contributed by atoms with van der Waals surface area (Å²) in [7, 11) is 0. The molecule has 0 aliphatic carbocycles. The van der Waals surface area contributed by atoms with Gasteiger partial charge in [0, 0.05) is 6.42 Å². The van der Waals surface area contributed by atoms with Crippen LogP contribution in [0.5, 0.6) is 0 Å². The second kappa shape index (κ2) is 14.3. The largest absolute Gasteiger partial charge is 0.481 e. The van der Waals surface area contributed by atoms with Gasteiger partial charge in [0.2, 0.25) is 5.91 Å². The van der Waals surface area contributed by atoms with Crippen molar-refractivity contribution >= 4 is 11.9 Å². The normalized spacial score (nSPS) is 11.7. The van der Waals surface area contributed by atoms with Crippen molar-refractivity contribution in [3.8, 4) is 0 Å². The molecule has 0 saturated carbocycles. The van der Waals surface area contributed by atoms with E-state index in [1.54, 1.807) is 0 Å². The van der Waals surface area contributed by atoms with Gasteiger partial charge in [-0.25, -0.2) is 0 Å². The first kappa shape index (κ1) is 21.2. The SMILES string of the molecule is CC(C)C(N)C(N)=O.CCCCCCCCCC(=O)O. The maximum absolute atomic E-state index is 10.2. The first-order chi connectivity index (χ1) is 9.32. The van der Waals surface area contributed by atoms with Crippen LogP contribution in [-0.2, 0) is 9.59 Å². The minimum Gasteiger partial charge on any atom is -0.481 e. The zero-order chi connectivity index (χ0) is 16.0. The predicted octanol–water partition coefficient (Wildman–Crippen LogP) is 2.67. The molecule has 0 rings (SSSR count). The molecule has 0 aromatic heterocycles. The van der Waals surface area contributed by atoms with Crippen molar-refractivity contribution in [2.24, 2.45) is 17.4 Å². The van der Waals surface area contributed by atoms with Gasteiger partial charge in [0.05, 0.1) is 6.04 Å². The Morgan fingerprint density at radius 2 is 1.45 bits per heavy atom. The van der Waals surface area contributed by atoms with E-state index in [4.69, 9.17) is 16.6 Å². The number of nitrogens with two attached hydrogens (primary N) is 2. The topological polar surface area (TPSA) is 106 Å². The summed E-state index contributed by atoms with van der Waals surface area (Å²) in [5.41, 5.74) is 10.2. The molecule has 5 nitrogen and oxygen atoms in total. The Morgan fingerprint density at radius 3 is 1.75 bits per heavy atom. The highest BCUT2D eigenvalue weighted by atomic mass is 16.4. The molecule has 1 atom stereocenters. The zero-order valence-corrected chi connectivity index (χ0v) is 13.2. The molecular weight excluding hydrogens is 256 g/mol. The highest BCUT2D eigenvalue weighted by Crippen LogP contribution is 2.07. The average molecular weight is 288 g/mol. The smallest absolute Gasteiger partial charge is 0.303 e. The number of rotatable bonds is 10. The minimum atomic E-state index is -0.663. The quantitative estimate of drug-likeness (QED) is 0.537. The molecule has 0 saturated heterocycles. The van der Waals surface area contributed by atoms with Crippen LogP contribution in [0, 0.1) is 5.92 Å². The molecule has 0 radical (unpaired) electrons. The van der Waals surface area contributed by atoms with E-state index in [1.807, 2.05) is 13.8 Å². The van der Waals surface area contributed by atoms with E-state index in [-0.39, 0.29) is 5.92 Å². The summed E-state index contributed by atoms with van der Waals surface area (Å²) in [6.07, 6.45) is 8.64. The van der Waals surface area contributed by atoms with Crippen LogP contribution in [0.3, 0.4) is 0 Å². The fourth-order valence-electron chi connectivity index (χ4n) is 1.56. The molecule has 5 heteroatoms. The number of hydrogen-bond acceptors (Lipinski definition) is 3. The van der Waals surface area contributed by atoms with E-state index in [0.29, 0.717) is 6.42 Å². The molecule has 20 heavy (non-hydrogen) atoms. The number of carboxylic acid groups (broad SMARTS) is 1. The van der Waals surface area contributed by atoms with Crippen LogP contribution >= 0.6 is 0 Å². The number of unbranched alkanes of at least 4 members (excludes halogenated alkanes) is 6. The summed E-state index contributed by atoms with van der Waals surface area (Å²) in [5, 5.41) is 8.35. The van der Waals surface area contributed by atoms with Gasteiger partial charge >= 0.3 is 5.97 Å². The number of carboxylic acids is 1. The number of primary amides is 1. The Kier molecular flexibility index (Phi) is 15.2. The van der Waals surface area contributed by atoms with E-state index in [0.717, 1.165) is 12.8 Å². The number of hydrogen-bond donors (Lipinski definition) is 3. The fourth-order valence-corrected chi connectivity index (χ4v) is 1.56. The number of carbonyl (C=O) groups is 2. The molecule has 0 heterocycles. The lowest BCUT2D eigenvalue weighted by molar-refractivity contribution is -0.137. The molecule has 5 N–H and O–H groups in total. The Labute approximate surface area is 123 Å². The Hall–Kier alpha value is -1.10. The monoisotopic (exact) mass is 288 g/mol. The van der Waals surface area contributed by atoms with Crippen molar-refractivity contribution in [1.29, 1.82) is 0 Å². The van der Waals surface area contributed by atoms with E-state index in [2.05, 4.69) is 6.92 Å². The molecule has 0 fully saturated rings. The first-order valence-electron chi connectivity index (χ1n) is 7.59. The molecule has 0 aromatic carbocycles. The van der Waals surface area contributed by atoms with Crippen molar-refractivity contribution in [3.63, 3.8) is 0 Å². The second-order valence-corrected chi connectivity index (χ2v) is 5.44. The minimum absolute atomic E-state index is 0.146. The van der Waals surface area contributed by atoms with Crippen LogP contribution in [0.4, 0.5) is 0 Å². The van der Waals surface area contributed by atoms with Gasteiger partial charge in [-0.05, 0) is 12.3 Å². The fraction of sp³-hybridized carbons (Fsp3) is 0.867. The van der Waals surface area contributed by atoms with Gasteiger partial charge in [0.1, 0.15) is 0 Å². The zero-order valence-electron chi connectivity index (χ0n) is 13.2. The van der Waals surface area contributed by atoms with Gasteiger partial charge in [-0.1, -0.05) is 59.3 Å². The predicted molar refractivity (Wildman–Crippen MR) is 82.3 cm³/mol. The third-order valence-corrected chi connectivity index (χ3v) is 3.04. The molecule has 0 aliphatic heterocycles.